The van der Waals surface area contributed by atoms with Crippen molar-refractivity contribution in [2.75, 3.05) is 12.4 Å². The molecule has 0 bridgehead atoms. The fourth-order valence-corrected chi connectivity index (χ4v) is 3.57. The molecule has 0 saturated carbocycles. The summed E-state index contributed by atoms with van der Waals surface area (Å²) in [5.41, 5.74) is 1.84. The van der Waals surface area contributed by atoms with Crippen LogP contribution >= 0.6 is 39.9 Å². The predicted octanol–water partition coefficient (Wildman–Crippen LogP) is 2.60. The van der Waals surface area contributed by atoms with E-state index >= 15 is 0 Å². The van der Waals surface area contributed by atoms with Crippen molar-refractivity contribution in [3.05, 3.63) is 33.1 Å². The van der Waals surface area contributed by atoms with Gasteiger partial charge in [-0.15, -0.1) is 0 Å². The van der Waals surface area contributed by atoms with E-state index in [4.69, 9.17) is 12.2 Å². The lowest BCUT2D eigenvalue weighted by atomic mass is 10.1. The van der Waals surface area contributed by atoms with Gasteiger partial charge < -0.3 is 5.32 Å². The molecule has 1 aromatic rings. The van der Waals surface area contributed by atoms with Gasteiger partial charge in [-0.25, -0.2) is 0 Å². The Morgan fingerprint density at radius 1 is 1.37 bits per heavy atom. The van der Waals surface area contributed by atoms with Crippen LogP contribution in [0.3, 0.4) is 0 Å². The van der Waals surface area contributed by atoms with E-state index in [0.29, 0.717) is 20.5 Å². The molecule has 19 heavy (non-hydrogen) atoms. The number of thioether (sulfide) groups is 1. The molecule has 2 aliphatic rings. The lowest BCUT2D eigenvalue weighted by molar-refractivity contribution is -0.121. The highest BCUT2D eigenvalue weighted by atomic mass is 79.9. The molecule has 0 aliphatic carbocycles. The molecule has 0 unspecified atom stereocenters. The second-order valence-corrected chi connectivity index (χ2v) is 6.64. The number of halogens is 1. The molecule has 3 rings (SSSR count). The van der Waals surface area contributed by atoms with Crippen LogP contribution in [0.1, 0.15) is 5.56 Å². The molecule has 2 amide bonds. The van der Waals surface area contributed by atoms with E-state index in [9.17, 15) is 9.59 Å². The zero-order chi connectivity index (χ0) is 13.7. The van der Waals surface area contributed by atoms with Gasteiger partial charge in [0, 0.05) is 22.8 Å². The normalized spacial score (nSPS) is 22.0. The van der Waals surface area contributed by atoms with Crippen molar-refractivity contribution in [2.45, 2.75) is 0 Å². The summed E-state index contributed by atoms with van der Waals surface area (Å²) in [6.07, 6.45) is 0. The fraction of sp³-hybridized carbons (Fsp3) is 0.0833. The van der Waals surface area contributed by atoms with Crippen LogP contribution in [-0.2, 0) is 9.59 Å². The second-order valence-electron chi connectivity index (χ2n) is 4.08. The van der Waals surface area contributed by atoms with Gasteiger partial charge in [0.15, 0.2) is 0 Å². The second kappa shape index (κ2) is 4.43. The highest BCUT2D eigenvalue weighted by molar-refractivity contribution is 9.10. The molecule has 0 spiro atoms. The number of likely N-dealkylation sites (N-methyl/N-ethyl adjacent to an activating group) is 1. The van der Waals surface area contributed by atoms with Crippen LogP contribution in [0.15, 0.2) is 27.6 Å². The molecule has 1 aromatic carbocycles. The Morgan fingerprint density at radius 2 is 2.11 bits per heavy atom. The molecule has 0 atom stereocenters. The van der Waals surface area contributed by atoms with Crippen molar-refractivity contribution in [1.29, 1.82) is 0 Å². The maximum Gasteiger partial charge on any atom is 0.266 e. The zero-order valence-electron chi connectivity index (χ0n) is 9.69. The van der Waals surface area contributed by atoms with Crippen molar-refractivity contribution in [2.24, 2.45) is 0 Å². The third kappa shape index (κ3) is 1.92. The molecule has 2 aliphatic heterocycles. The summed E-state index contributed by atoms with van der Waals surface area (Å²) in [5, 5.41) is 2.76. The van der Waals surface area contributed by atoms with E-state index in [1.54, 1.807) is 13.1 Å². The van der Waals surface area contributed by atoms with Crippen LogP contribution in [0, 0.1) is 0 Å². The molecule has 96 valence electrons. The standard InChI is InChI=1S/C12H7BrN2O2S2/c1-15-11(17)9(19-12(15)18)8-6-4-5(13)2-3-7(6)14-10(8)16/h2-4H,1H3,(H,14,16)/b9-8-. The summed E-state index contributed by atoms with van der Waals surface area (Å²) in [4.78, 5) is 26.0. The van der Waals surface area contributed by atoms with Crippen LogP contribution in [0.4, 0.5) is 5.69 Å². The van der Waals surface area contributed by atoms with E-state index in [2.05, 4.69) is 21.2 Å². The molecule has 7 heteroatoms. The number of carbonyl (C=O) groups excluding carboxylic acids is 2. The molecule has 1 fully saturated rings. The number of hydrogen-bond donors (Lipinski definition) is 1. The topological polar surface area (TPSA) is 49.4 Å². The number of amides is 2. The fourth-order valence-electron chi connectivity index (χ4n) is 1.96. The first-order chi connectivity index (χ1) is 8.99. The number of nitrogens with zero attached hydrogens (tertiary/aromatic N) is 1. The average Bonchev–Trinajstić information content (AvgIpc) is 2.80. The number of benzene rings is 1. The highest BCUT2D eigenvalue weighted by Gasteiger charge is 2.37. The number of carbonyl (C=O) groups is 2. The molecular formula is C12H7BrN2O2S2. The van der Waals surface area contributed by atoms with Crippen LogP contribution < -0.4 is 5.32 Å². The third-order valence-electron chi connectivity index (χ3n) is 2.92. The Hall–Kier alpha value is -1.18. The summed E-state index contributed by atoms with van der Waals surface area (Å²) >= 11 is 9.62. The monoisotopic (exact) mass is 354 g/mol. The Morgan fingerprint density at radius 3 is 2.74 bits per heavy atom. The molecule has 0 radical (unpaired) electrons. The Balaban J connectivity index is 2.22. The van der Waals surface area contributed by atoms with Gasteiger partial charge in [0.1, 0.15) is 4.32 Å². The number of anilines is 1. The summed E-state index contributed by atoms with van der Waals surface area (Å²) in [5.74, 6) is -0.491. The number of nitrogens with one attached hydrogen (secondary N) is 1. The van der Waals surface area contributed by atoms with E-state index in [1.165, 1.54) is 4.90 Å². The summed E-state index contributed by atoms with van der Waals surface area (Å²) in [6, 6.07) is 5.47. The molecule has 1 N–H and O–H groups in total. The van der Waals surface area contributed by atoms with Gasteiger partial charge >= 0.3 is 0 Å². The van der Waals surface area contributed by atoms with Crippen LogP contribution in [-0.4, -0.2) is 28.1 Å². The largest absolute Gasteiger partial charge is 0.321 e. The van der Waals surface area contributed by atoms with Crippen molar-refractivity contribution in [3.63, 3.8) is 0 Å². The van der Waals surface area contributed by atoms with Crippen LogP contribution in [0.2, 0.25) is 0 Å². The minimum atomic E-state index is -0.262. The van der Waals surface area contributed by atoms with E-state index in [-0.39, 0.29) is 11.8 Å². The number of hydrogen-bond acceptors (Lipinski definition) is 4. The van der Waals surface area contributed by atoms with Gasteiger partial charge in [-0.2, -0.15) is 0 Å². The van der Waals surface area contributed by atoms with Crippen molar-refractivity contribution >= 4 is 67.3 Å². The van der Waals surface area contributed by atoms with Crippen molar-refractivity contribution in [3.8, 4) is 0 Å². The predicted molar refractivity (Wildman–Crippen MR) is 82.7 cm³/mol. The summed E-state index contributed by atoms with van der Waals surface area (Å²) in [7, 11) is 1.61. The summed E-state index contributed by atoms with van der Waals surface area (Å²) < 4.78 is 1.32. The lowest BCUT2D eigenvalue weighted by Gasteiger charge is -2.04. The minimum Gasteiger partial charge on any atom is -0.321 e. The van der Waals surface area contributed by atoms with E-state index < -0.39 is 0 Å². The van der Waals surface area contributed by atoms with Gasteiger partial charge in [-0.1, -0.05) is 39.9 Å². The quantitative estimate of drug-likeness (QED) is 0.574. The van der Waals surface area contributed by atoms with Gasteiger partial charge in [-0.05, 0) is 18.2 Å². The highest BCUT2D eigenvalue weighted by Crippen LogP contribution is 2.42. The molecule has 1 saturated heterocycles. The van der Waals surface area contributed by atoms with E-state index in [1.807, 2.05) is 12.1 Å². The SMILES string of the molecule is CN1C(=O)/C(=C2/C(=O)Nc3ccc(Br)cc32)SC1=S. The molecule has 4 nitrogen and oxygen atoms in total. The number of thiocarbonyl (C=S) groups is 1. The first-order valence-electron chi connectivity index (χ1n) is 5.34. The smallest absolute Gasteiger partial charge is 0.266 e. The first-order valence-corrected chi connectivity index (χ1v) is 7.36. The Kier molecular flexibility index (Phi) is 2.99. The first kappa shape index (κ1) is 12.8. The average molecular weight is 355 g/mol. The van der Waals surface area contributed by atoms with Gasteiger partial charge in [0.25, 0.3) is 11.8 Å². The summed E-state index contributed by atoms with van der Waals surface area (Å²) in [6.45, 7) is 0. The maximum atomic E-state index is 12.1. The number of rotatable bonds is 0. The van der Waals surface area contributed by atoms with Crippen LogP contribution in [0.5, 0.6) is 0 Å². The third-order valence-corrected chi connectivity index (χ3v) is 4.96. The van der Waals surface area contributed by atoms with Gasteiger partial charge in [0.05, 0.1) is 10.5 Å². The lowest BCUT2D eigenvalue weighted by Crippen LogP contribution is -2.23. The molecule has 2 heterocycles. The Labute approximate surface area is 127 Å². The zero-order valence-corrected chi connectivity index (χ0v) is 12.9. The van der Waals surface area contributed by atoms with Crippen molar-refractivity contribution in [1.82, 2.24) is 4.90 Å². The van der Waals surface area contributed by atoms with Gasteiger partial charge in [0.2, 0.25) is 0 Å². The van der Waals surface area contributed by atoms with Crippen LogP contribution in [0.25, 0.3) is 5.57 Å². The molecule has 0 aromatic heterocycles. The van der Waals surface area contributed by atoms with Crippen molar-refractivity contribution < 1.29 is 9.59 Å². The number of fused-ring (bicyclic) bond motifs is 1. The van der Waals surface area contributed by atoms with Gasteiger partial charge in [-0.3, -0.25) is 14.5 Å². The van der Waals surface area contributed by atoms with E-state index in [0.717, 1.165) is 21.8 Å². The Bertz CT molecular complexity index is 684. The maximum absolute atomic E-state index is 12.1. The molecular weight excluding hydrogens is 348 g/mol. The minimum absolute atomic E-state index is 0.229.